The van der Waals surface area contributed by atoms with Gasteiger partial charge in [-0.05, 0) is 12.8 Å². The molecule has 0 spiro atoms. The summed E-state index contributed by atoms with van der Waals surface area (Å²) in [5, 5.41) is 3.43. The van der Waals surface area contributed by atoms with E-state index in [1.54, 1.807) is 28.7 Å². The number of carbonyl (C=O) groups is 1. The topological polar surface area (TPSA) is 47.6 Å². The monoisotopic (exact) mass is 407 g/mol. The van der Waals surface area contributed by atoms with Crippen LogP contribution in [0.2, 0.25) is 0 Å². The van der Waals surface area contributed by atoms with Crippen molar-refractivity contribution in [3.63, 3.8) is 0 Å². The van der Waals surface area contributed by atoms with Gasteiger partial charge < -0.3 is 14.8 Å². The quantitative estimate of drug-likeness (QED) is 0.558. The summed E-state index contributed by atoms with van der Waals surface area (Å²) in [7, 11) is 0. The van der Waals surface area contributed by atoms with E-state index in [0.29, 0.717) is 23.6 Å². The van der Waals surface area contributed by atoms with Crippen LogP contribution in [0.1, 0.15) is 26.7 Å². The molecule has 0 atom stereocenters. The van der Waals surface area contributed by atoms with Crippen LogP contribution < -0.4 is 14.8 Å². The zero-order valence-corrected chi connectivity index (χ0v) is 14.2. The second-order valence-electron chi connectivity index (χ2n) is 5.50. The lowest BCUT2D eigenvalue weighted by atomic mass is 9.88. The van der Waals surface area contributed by atoms with Gasteiger partial charge in [0.2, 0.25) is 3.79 Å². The smallest absolute Gasteiger partial charge is 0.229 e. The maximum absolute atomic E-state index is 13.5. The van der Waals surface area contributed by atoms with Crippen molar-refractivity contribution in [1.29, 1.82) is 0 Å². The number of rotatable bonds is 7. The highest BCUT2D eigenvalue weighted by molar-refractivity contribution is 14.1. The SMILES string of the molecule is CC(C)NC1CC(Oc2cc(F)cc(OCC(=O)I)c2)C1. The van der Waals surface area contributed by atoms with Crippen LogP contribution in [0, 0.1) is 5.82 Å². The summed E-state index contributed by atoms with van der Waals surface area (Å²) in [5.41, 5.74) is 0. The third-order valence-electron chi connectivity index (χ3n) is 3.16. The van der Waals surface area contributed by atoms with Gasteiger partial charge >= 0.3 is 0 Å². The molecule has 0 heterocycles. The zero-order chi connectivity index (χ0) is 15.4. The Hall–Kier alpha value is -0.890. The Morgan fingerprint density at radius 2 is 2.05 bits per heavy atom. The fraction of sp³-hybridized carbons (Fsp3) is 0.533. The average molecular weight is 407 g/mol. The molecule has 0 unspecified atom stereocenters. The van der Waals surface area contributed by atoms with Crippen molar-refractivity contribution in [1.82, 2.24) is 5.32 Å². The molecule has 2 rings (SSSR count). The second-order valence-corrected chi connectivity index (χ2v) is 6.70. The molecule has 1 saturated carbocycles. The lowest BCUT2D eigenvalue weighted by molar-refractivity contribution is -0.111. The summed E-state index contributed by atoms with van der Waals surface area (Å²) < 4.78 is 24.3. The molecular formula is C15H19FINO3. The molecule has 21 heavy (non-hydrogen) atoms. The van der Waals surface area contributed by atoms with Crippen LogP contribution >= 0.6 is 22.6 Å². The van der Waals surface area contributed by atoms with Gasteiger partial charge in [0.1, 0.15) is 23.4 Å². The molecule has 0 bridgehead atoms. The van der Waals surface area contributed by atoms with Crippen molar-refractivity contribution in [2.75, 3.05) is 6.61 Å². The van der Waals surface area contributed by atoms with E-state index in [1.807, 2.05) is 0 Å². The van der Waals surface area contributed by atoms with Crippen molar-refractivity contribution < 1.29 is 18.7 Å². The van der Waals surface area contributed by atoms with E-state index in [2.05, 4.69) is 19.2 Å². The predicted molar refractivity (Wildman–Crippen MR) is 86.6 cm³/mol. The van der Waals surface area contributed by atoms with Crippen LogP contribution in [0.4, 0.5) is 4.39 Å². The van der Waals surface area contributed by atoms with Crippen molar-refractivity contribution in [2.24, 2.45) is 0 Å². The standard InChI is InChI=1S/C15H19FINO3/c1-9(2)18-11-5-14(6-11)21-13-4-10(16)3-12(7-13)20-8-15(17)19/h3-4,7,9,11,14,18H,5-6,8H2,1-2H3. The van der Waals surface area contributed by atoms with Gasteiger partial charge in [-0.3, -0.25) is 4.79 Å². The summed E-state index contributed by atoms with van der Waals surface area (Å²) in [6.07, 6.45) is 1.93. The normalized spacial score (nSPS) is 21.0. The Kier molecular flexibility index (Phi) is 5.80. The predicted octanol–water partition coefficient (Wildman–Crippen LogP) is 3.07. The number of hydrogen-bond acceptors (Lipinski definition) is 4. The van der Waals surface area contributed by atoms with E-state index in [1.165, 1.54) is 12.1 Å². The largest absolute Gasteiger partial charge is 0.490 e. The first kappa shape index (κ1) is 16.5. The van der Waals surface area contributed by atoms with Crippen LogP contribution in [-0.2, 0) is 4.79 Å². The van der Waals surface area contributed by atoms with Gasteiger partial charge in [-0.1, -0.05) is 13.8 Å². The summed E-state index contributed by atoms with van der Waals surface area (Å²) in [4.78, 5) is 10.9. The maximum atomic E-state index is 13.5. The fourth-order valence-corrected chi connectivity index (χ4v) is 2.45. The first-order valence-corrected chi connectivity index (χ1v) is 8.04. The third-order valence-corrected chi connectivity index (χ3v) is 3.48. The van der Waals surface area contributed by atoms with Gasteiger partial charge in [-0.25, -0.2) is 4.39 Å². The number of nitrogens with one attached hydrogen (secondary N) is 1. The number of hydrogen-bond donors (Lipinski definition) is 1. The van der Waals surface area contributed by atoms with Crippen LogP contribution in [0.3, 0.4) is 0 Å². The average Bonchev–Trinajstić information content (AvgIpc) is 2.32. The fourth-order valence-electron chi connectivity index (χ4n) is 2.29. The van der Waals surface area contributed by atoms with E-state index in [-0.39, 0.29) is 16.5 Å². The highest BCUT2D eigenvalue weighted by atomic mass is 127. The van der Waals surface area contributed by atoms with Gasteiger partial charge in [0, 0.05) is 52.9 Å². The van der Waals surface area contributed by atoms with Gasteiger partial charge in [0.15, 0.2) is 6.61 Å². The summed E-state index contributed by atoms with van der Waals surface area (Å²) in [6.45, 7) is 4.14. The van der Waals surface area contributed by atoms with Crippen LogP contribution in [0.25, 0.3) is 0 Å². The molecule has 4 nitrogen and oxygen atoms in total. The summed E-state index contributed by atoms with van der Waals surface area (Å²) in [5.74, 6) is 0.324. The Bertz CT molecular complexity index is 504. The maximum Gasteiger partial charge on any atom is 0.229 e. The molecule has 1 aromatic rings. The molecule has 116 valence electrons. The number of benzene rings is 1. The number of ether oxygens (including phenoxy) is 2. The molecule has 1 aliphatic rings. The van der Waals surface area contributed by atoms with E-state index >= 15 is 0 Å². The van der Waals surface area contributed by atoms with Crippen molar-refractivity contribution in [3.8, 4) is 11.5 Å². The Morgan fingerprint density at radius 3 is 2.67 bits per heavy atom. The van der Waals surface area contributed by atoms with Gasteiger partial charge in [-0.2, -0.15) is 0 Å². The van der Waals surface area contributed by atoms with Crippen molar-refractivity contribution in [2.45, 2.75) is 44.9 Å². The van der Waals surface area contributed by atoms with E-state index in [9.17, 15) is 9.18 Å². The summed E-state index contributed by atoms with van der Waals surface area (Å²) >= 11 is 1.64. The van der Waals surface area contributed by atoms with Crippen LogP contribution in [0.15, 0.2) is 18.2 Å². The molecule has 1 aliphatic carbocycles. The molecule has 0 amide bonds. The van der Waals surface area contributed by atoms with Crippen molar-refractivity contribution in [3.05, 3.63) is 24.0 Å². The molecule has 0 radical (unpaired) electrons. The third kappa shape index (κ3) is 5.43. The van der Waals surface area contributed by atoms with Crippen LogP contribution in [-0.4, -0.2) is 28.6 Å². The lowest BCUT2D eigenvalue weighted by Gasteiger charge is -2.37. The number of halogens is 2. The zero-order valence-electron chi connectivity index (χ0n) is 12.1. The van der Waals surface area contributed by atoms with E-state index < -0.39 is 5.82 Å². The van der Waals surface area contributed by atoms with E-state index in [4.69, 9.17) is 9.47 Å². The molecule has 0 saturated heterocycles. The minimum absolute atomic E-state index is 0.0761. The molecule has 1 fully saturated rings. The first-order valence-electron chi connectivity index (χ1n) is 6.97. The Morgan fingerprint density at radius 1 is 1.38 bits per heavy atom. The number of carbonyl (C=O) groups excluding carboxylic acids is 1. The van der Waals surface area contributed by atoms with E-state index in [0.717, 1.165) is 12.8 Å². The molecule has 0 aromatic heterocycles. The first-order chi connectivity index (χ1) is 9.92. The Balaban J connectivity index is 1.87. The minimum Gasteiger partial charge on any atom is -0.490 e. The Labute approximate surface area is 137 Å². The van der Waals surface area contributed by atoms with Crippen LogP contribution in [0.5, 0.6) is 11.5 Å². The molecule has 6 heteroatoms. The molecule has 1 aromatic carbocycles. The van der Waals surface area contributed by atoms with Crippen molar-refractivity contribution >= 4 is 26.4 Å². The minimum atomic E-state index is -0.431. The highest BCUT2D eigenvalue weighted by Crippen LogP contribution is 2.29. The molecular weight excluding hydrogens is 388 g/mol. The summed E-state index contributed by atoms with van der Waals surface area (Å²) in [6, 6.07) is 5.12. The lowest BCUT2D eigenvalue weighted by Crippen LogP contribution is -2.49. The molecule has 0 aliphatic heterocycles. The van der Waals surface area contributed by atoms with Gasteiger partial charge in [0.05, 0.1) is 0 Å². The molecule has 1 N–H and O–H groups in total. The van der Waals surface area contributed by atoms with Gasteiger partial charge in [-0.15, -0.1) is 0 Å². The van der Waals surface area contributed by atoms with Gasteiger partial charge in [0.25, 0.3) is 0 Å². The second kappa shape index (κ2) is 7.40. The highest BCUT2D eigenvalue weighted by Gasteiger charge is 2.31.